The van der Waals surface area contributed by atoms with E-state index in [2.05, 4.69) is 19.9 Å². The molecule has 0 aliphatic rings. The second-order valence-corrected chi connectivity index (χ2v) is 7.13. The predicted octanol–water partition coefficient (Wildman–Crippen LogP) is 4.90. The Morgan fingerprint density at radius 3 is 2.74 bits per heavy atom. The van der Waals surface area contributed by atoms with Crippen LogP contribution in [-0.2, 0) is 13.0 Å². The molecule has 156 valence electrons. The van der Waals surface area contributed by atoms with Crippen LogP contribution >= 0.6 is 0 Å². The quantitative estimate of drug-likeness (QED) is 0.410. The van der Waals surface area contributed by atoms with Gasteiger partial charge in [-0.25, -0.2) is 18.7 Å². The summed E-state index contributed by atoms with van der Waals surface area (Å²) in [7, 11) is 1.55. The Balaban J connectivity index is 1.36. The van der Waals surface area contributed by atoms with Crippen LogP contribution in [0.25, 0.3) is 22.1 Å². The van der Waals surface area contributed by atoms with Crippen LogP contribution in [0.2, 0.25) is 0 Å². The van der Waals surface area contributed by atoms with E-state index in [1.807, 2.05) is 30.3 Å². The SMILES string of the molecule is COc1cnc2[nH]cc(Cc3cc(F)c(OCc4nc5ccccc5[nH]4)cc3F)c2c1. The molecular weight excluding hydrogens is 402 g/mol. The van der Waals surface area contributed by atoms with Crippen LogP contribution in [0.1, 0.15) is 17.0 Å². The summed E-state index contributed by atoms with van der Waals surface area (Å²) in [6.07, 6.45) is 3.53. The minimum Gasteiger partial charge on any atom is -0.495 e. The largest absolute Gasteiger partial charge is 0.495 e. The fourth-order valence-corrected chi connectivity index (χ4v) is 3.54. The molecule has 2 aromatic carbocycles. The lowest BCUT2D eigenvalue weighted by atomic mass is 10.0. The summed E-state index contributed by atoms with van der Waals surface area (Å²) in [5.74, 6) is -0.224. The highest BCUT2D eigenvalue weighted by atomic mass is 19.1. The fourth-order valence-electron chi connectivity index (χ4n) is 3.54. The number of halogens is 2. The summed E-state index contributed by atoms with van der Waals surface area (Å²) in [4.78, 5) is 14.8. The molecule has 0 bridgehead atoms. The third-order valence-electron chi connectivity index (χ3n) is 5.11. The molecule has 0 atom stereocenters. The number of benzene rings is 2. The second-order valence-electron chi connectivity index (χ2n) is 7.13. The van der Waals surface area contributed by atoms with Gasteiger partial charge in [-0.1, -0.05) is 12.1 Å². The monoisotopic (exact) mass is 420 g/mol. The predicted molar refractivity (Wildman–Crippen MR) is 112 cm³/mol. The third-order valence-corrected chi connectivity index (χ3v) is 5.11. The highest BCUT2D eigenvalue weighted by Crippen LogP contribution is 2.28. The number of H-pyrrole nitrogens is 2. The first kappa shape index (κ1) is 19.0. The average Bonchev–Trinajstić information content (AvgIpc) is 3.38. The van der Waals surface area contributed by atoms with Crippen molar-refractivity contribution in [3.05, 3.63) is 83.4 Å². The van der Waals surface area contributed by atoms with Crippen LogP contribution in [0.4, 0.5) is 8.78 Å². The van der Waals surface area contributed by atoms with E-state index < -0.39 is 11.6 Å². The number of hydrogen-bond acceptors (Lipinski definition) is 4. The Morgan fingerprint density at radius 2 is 1.90 bits per heavy atom. The summed E-state index contributed by atoms with van der Waals surface area (Å²) >= 11 is 0. The van der Waals surface area contributed by atoms with Gasteiger partial charge in [0.15, 0.2) is 11.6 Å². The van der Waals surface area contributed by atoms with Gasteiger partial charge in [-0.3, -0.25) is 0 Å². The zero-order valence-electron chi connectivity index (χ0n) is 16.6. The first-order valence-corrected chi connectivity index (χ1v) is 9.65. The summed E-state index contributed by atoms with van der Waals surface area (Å²) in [5.41, 5.74) is 3.30. The van der Waals surface area contributed by atoms with Crippen LogP contribution in [-0.4, -0.2) is 27.0 Å². The molecule has 0 unspecified atom stereocenters. The molecule has 0 aliphatic heterocycles. The number of ether oxygens (including phenoxy) is 2. The van der Waals surface area contributed by atoms with Crippen LogP contribution in [0.15, 0.2) is 54.9 Å². The molecule has 31 heavy (non-hydrogen) atoms. The molecule has 0 saturated heterocycles. The summed E-state index contributed by atoms with van der Waals surface area (Å²) < 4.78 is 40.1. The molecule has 0 spiro atoms. The minimum absolute atomic E-state index is 0.00169. The lowest BCUT2D eigenvalue weighted by Crippen LogP contribution is -2.02. The second kappa shape index (κ2) is 7.71. The zero-order chi connectivity index (χ0) is 21.4. The maximum absolute atomic E-state index is 14.7. The van der Waals surface area contributed by atoms with Gasteiger partial charge >= 0.3 is 0 Å². The van der Waals surface area contributed by atoms with E-state index in [4.69, 9.17) is 9.47 Å². The molecule has 3 heterocycles. The minimum atomic E-state index is -0.636. The van der Waals surface area contributed by atoms with Crippen molar-refractivity contribution in [1.82, 2.24) is 19.9 Å². The molecule has 5 aromatic rings. The molecule has 0 amide bonds. The van der Waals surface area contributed by atoms with E-state index in [0.717, 1.165) is 34.1 Å². The van der Waals surface area contributed by atoms with E-state index in [0.29, 0.717) is 17.2 Å². The van der Waals surface area contributed by atoms with Crippen molar-refractivity contribution in [1.29, 1.82) is 0 Å². The molecule has 0 aliphatic carbocycles. The number of imidazole rings is 1. The maximum atomic E-state index is 14.7. The molecule has 3 aromatic heterocycles. The first-order valence-electron chi connectivity index (χ1n) is 9.65. The van der Waals surface area contributed by atoms with Gasteiger partial charge in [0.05, 0.1) is 24.3 Å². The number of fused-ring (bicyclic) bond motifs is 2. The Labute approximate surface area is 175 Å². The summed E-state index contributed by atoms with van der Waals surface area (Å²) in [5, 5.41) is 0.796. The fraction of sp³-hybridized carbons (Fsp3) is 0.130. The smallest absolute Gasteiger partial charge is 0.165 e. The Morgan fingerprint density at radius 1 is 1.03 bits per heavy atom. The Kier molecular flexibility index (Phi) is 4.74. The van der Waals surface area contributed by atoms with Gasteiger partial charge in [-0.2, -0.15) is 0 Å². The van der Waals surface area contributed by atoms with E-state index >= 15 is 0 Å². The lowest BCUT2D eigenvalue weighted by Gasteiger charge is -2.09. The number of aromatic nitrogens is 4. The summed E-state index contributed by atoms with van der Waals surface area (Å²) in [6, 6.07) is 11.6. The van der Waals surface area contributed by atoms with Crippen molar-refractivity contribution in [2.45, 2.75) is 13.0 Å². The first-order chi connectivity index (χ1) is 15.1. The van der Waals surface area contributed by atoms with E-state index in [1.165, 1.54) is 0 Å². The van der Waals surface area contributed by atoms with Crippen LogP contribution in [0, 0.1) is 11.6 Å². The van der Waals surface area contributed by atoms with Gasteiger partial charge in [0.1, 0.15) is 29.6 Å². The molecule has 8 heteroatoms. The van der Waals surface area contributed by atoms with Crippen LogP contribution in [0.3, 0.4) is 0 Å². The van der Waals surface area contributed by atoms with Gasteiger partial charge in [0.25, 0.3) is 0 Å². The molecule has 0 radical (unpaired) electrons. The topological polar surface area (TPSA) is 75.8 Å². The van der Waals surface area contributed by atoms with Crippen molar-refractivity contribution in [2.24, 2.45) is 0 Å². The van der Waals surface area contributed by atoms with E-state index in [-0.39, 0.29) is 24.3 Å². The van der Waals surface area contributed by atoms with Gasteiger partial charge in [0, 0.05) is 24.1 Å². The van der Waals surface area contributed by atoms with Gasteiger partial charge in [0.2, 0.25) is 0 Å². The molecule has 2 N–H and O–H groups in total. The molecule has 5 rings (SSSR count). The molecular formula is C23H18F2N4O2. The van der Waals surface area contributed by atoms with Gasteiger partial charge in [-0.05, 0) is 35.4 Å². The van der Waals surface area contributed by atoms with Crippen molar-refractivity contribution in [3.8, 4) is 11.5 Å². The number of pyridine rings is 1. The number of hydrogen-bond donors (Lipinski definition) is 2. The number of rotatable bonds is 6. The van der Waals surface area contributed by atoms with E-state index in [1.54, 1.807) is 19.5 Å². The van der Waals surface area contributed by atoms with Crippen molar-refractivity contribution < 1.29 is 18.3 Å². The van der Waals surface area contributed by atoms with Crippen molar-refractivity contribution in [3.63, 3.8) is 0 Å². The third kappa shape index (κ3) is 3.68. The van der Waals surface area contributed by atoms with Crippen LogP contribution < -0.4 is 9.47 Å². The lowest BCUT2D eigenvalue weighted by molar-refractivity contribution is 0.280. The van der Waals surface area contributed by atoms with Gasteiger partial charge < -0.3 is 19.4 Å². The number of para-hydroxylation sites is 2. The van der Waals surface area contributed by atoms with E-state index in [9.17, 15) is 8.78 Å². The number of methoxy groups -OCH3 is 1. The number of nitrogens with zero attached hydrogens (tertiary/aromatic N) is 2. The normalized spacial score (nSPS) is 11.3. The maximum Gasteiger partial charge on any atom is 0.165 e. The standard InChI is InChI=1S/C23H18F2N4O2/c1-30-15-8-16-14(10-26-23(16)27-11-15)6-13-7-18(25)21(9-17(13)24)31-12-22-28-19-4-2-3-5-20(19)29-22/h2-5,7-11H,6,12H2,1H3,(H,26,27)(H,28,29). The molecule has 0 fully saturated rings. The Hall–Kier alpha value is -3.94. The number of nitrogens with one attached hydrogen (secondary N) is 2. The number of aromatic amines is 2. The highest BCUT2D eigenvalue weighted by molar-refractivity contribution is 5.81. The van der Waals surface area contributed by atoms with Crippen molar-refractivity contribution >= 4 is 22.1 Å². The molecule has 0 saturated carbocycles. The Bertz CT molecular complexity index is 1360. The van der Waals surface area contributed by atoms with Gasteiger partial charge in [-0.15, -0.1) is 0 Å². The zero-order valence-corrected chi connectivity index (χ0v) is 16.6. The van der Waals surface area contributed by atoms with Crippen molar-refractivity contribution in [2.75, 3.05) is 7.11 Å². The molecule has 6 nitrogen and oxygen atoms in total. The highest BCUT2D eigenvalue weighted by Gasteiger charge is 2.15. The average molecular weight is 420 g/mol. The summed E-state index contributed by atoms with van der Waals surface area (Å²) in [6.45, 7) is -0.00169. The van der Waals surface area contributed by atoms with Crippen LogP contribution in [0.5, 0.6) is 11.5 Å².